The lowest BCUT2D eigenvalue weighted by atomic mass is 9.96. The van der Waals surface area contributed by atoms with E-state index >= 15 is 0 Å². The lowest BCUT2D eigenvalue weighted by Crippen LogP contribution is -2.36. The van der Waals surface area contributed by atoms with Gasteiger partial charge in [0.1, 0.15) is 0 Å². The molecule has 2 aliphatic heterocycles. The Labute approximate surface area is 207 Å². The predicted molar refractivity (Wildman–Crippen MR) is 131 cm³/mol. The smallest absolute Gasteiger partial charge is 0.376 e. The maximum absolute atomic E-state index is 13.9. The summed E-state index contributed by atoms with van der Waals surface area (Å²) in [7, 11) is 0. The lowest BCUT2D eigenvalue weighted by molar-refractivity contribution is -0.137. The van der Waals surface area contributed by atoms with Crippen molar-refractivity contribution < 1.29 is 17.9 Å². The maximum atomic E-state index is 13.9. The molecule has 1 aromatic carbocycles. The monoisotopic (exact) mass is 500 g/mol. The summed E-state index contributed by atoms with van der Waals surface area (Å²) in [6, 6.07) is 12.9. The van der Waals surface area contributed by atoms with Crippen molar-refractivity contribution in [1.82, 2.24) is 19.8 Å². The van der Waals surface area contributed by atoms with Crippen LogP contribution in [-0.2, 0) is 10.9 Å². The van der Waals surface area contributed by atoms with Gasteiger partial charge >= 0.3 is 6.18 Å². The van der Waals surface area contributed by atoms with Gasteiger partial charge in [0.15, 0.2) is 5.11 Å². The van der Waals surface area contributed by atoms with Gasteiger partial charge < -0.3 is 19.5 Å². The minimum absolute atomic E-state index is 0.0641. The molecular formula is C26H27F3N4OS. The summed E-state index contributed by atoms with van der Waals surface area (Å²) in [5, 5.41) is 4.02. The number of pyridine rings is 1. The van der Waals surface area contributed by atoms with Gasteiger partial charge in [-0.1, -0.05) is 18.2 Å². The Hall–Kier alpha value is -2.91. The van der Waals surface area contributed by atoms with Gasteiger partial charge in [-0.15, -0.1) is 0 Å². The zero-order chi connectivity index (χ0) is 24.7. The van der Waals surface area contributed by atoms with Crippen LogP contribution in [0.5, 0.6) is 0 Å². The highest BCUT2D eigenvalue weighted by molar-refractivity contribution is 7.80. The van der Waals surface area contributed by atoms with E-state index in [1.807, 2.05) is 38.1 Å². The van der Waals surface area contributed by atoms with Crippen molar-refractivity contribution in [2.45, 2.75) is 51.1 Å². The molecule has 4 heterocycles. The topological polar surface area (TPSA) is 42.3 Å². The van der Waals surface area contributed by atoms with Crippen molar-refractivity contribution in [3.8, 4) is 5.69 Å². The molecule has 3 aromatic rings. The van der Waals surface area contributed by atoms with Crippen molar-refractivity contribution in [1.29, 1.82) is 0 Å². The third-order valence-corrected chi connectivity index (χ3v) is 7.21. The number of ether oxygens (including phenoxy) is 1. The van der Waals surface area contributed by atoms with E-state index < -0.39 is 11.7 Å². The van der Waals surface area contributed by atoms with Crippen LogP contribution in [0, 0.1) is 13.8 Å². The van der Waals surface area contributed by atoms with E-state index in [4.69, 9.17) is 17.0 Å². The molecule has 35 heavy (non-hydrogen) atoms. The molecule has 184 valence electrons. The highest BCUT2D eigenvalue weighted by Crippen LogP contribution is 2.43. The van der Waals surface area contributed by atoms with Crippen LogP contribution in [0.15, 0.2) is 54.7 Å². The number of hydrogen-bond acceptors (Lipinski definition) is 3. The van der Waals surface area contributed by atoms with Gasteiger partial charge in [-0.2, -0.15) is 13.2 Å². The SMILES string of the molecule is Cc1cc([C@H]2[C@@H](c3ccccn3)NC(=S)N2C[C@@H]2CCCO2)c(C)n1-c1ccccc1C(F)(F)F. The van der Waals surface area contributed by atoms with Crippen LogP contribution in [0.3, 0.4) is 0 Å². The molecule has 0 aliphatic carbocycles. The molecule has 0 spiro atoms. The Bertz CT molecular complexity index is 1220. The largest absolute Gasteiger partial charge is 0.418 e. The molecule has 2 aromatic heterocycles. The molecule has 5 rings (SSSR count). The van der Waals surface area contributed by atoms with Gasteiger partial charge in [0, 0.05) is 30.7 Å². The molecule has 9 heteroatoms. The summed E-state index contributed by atoms with van der Waals surface area (Å²) in [6.45, 7) is 5.06. The molecule has 0 saturated carbocycles. The molecule has 0 unspecified atom stereocenters. The molecule has 0 radical (unpaired) electrons. The first-order chi connectivity index (χ1) is 16.8. The molecule has 0 amide bonds. The van der Waals surface area contributed by atoms with Crippen molar-refractivity contribution >= 4 is 17.3 Å². The number of nitrogens with one attached hydrogen (secondary N) is 1. The van der Waals surface area contributed by atoms with Gasteiger partial charge in [-0.05, 0) is 74.8 Å². The molecule has 2 fully saturated rings. The number of halogens is 3. The minimum atomic E-state index is -4.46. The van der Waals surface area contributed by atoms with Gasteiger partial charge in [-0.25, -0.2) is 0 Å². The van der Waals surface area contributed by atoms with Crippen LogP contribution in [0.4, 0.5) is 13.2 Å². The molecule has 1 N–H and O–H groups in total. The average Bonchev–Trinajstić information content (AvgIpc) is 3.53. The highest BCUT2D eigenvalue weighted by Gasteiger charge is 2.43. The van der Waals surface area contributed by atoms with Crippen LogP contribution >= 0.6 is 12.2 Å². The van der Waals surface area contributed by atoms with E-state index in [-0.39, 0.29) is 23.9 Å². The third-order valence-electron chi connectivity index (χ3n) is 6.86. The van der Waals surface area contributed by atoms with E-state index in [2.05, 4.69) is 15.2 Å². The number of aryl methyl sites for hydroxylation is 1. The number of thiocarbonyl (C=S) groups is 1. The number of hydrogen-bond donors (Lipinski definition) is 1. The first kappa shape index (κ1) is 23.8. The molecule has 0 bridgehead atoms. The summed E-state index contributed by atoms with van der Waals surface area (Å²) in [4.78, 5) is 6.68. The Morgan fingerprint density at radius 1 is 1.14 bits per heavy atom. The summed E-state index contributed by atoms with van der Waals surface area (Å²) < 4.78 is 49.2. The van der Waals surface area contributed by atoms with Gasteiger partial charge in [0.05, 0.1) is 35.1 Å². The summed E-state index contributed by atoms with van der Waals surface area (Å²) >= 11 is 5.75. The van der Waals surface area contributed by atoms with Gasteiger partial charge in [0.2, 0.25) is 0 Å². The number of benzene rings is 1. The number of alkyl halides is 3. The van der Waals surface area contributed by atoms with Crippen molar-refractivity contribution in [3.63, 3.8) is 0 Å². The fourth-order valence-electron chi connectivity index (χ4n) is 5.31. The highest BCUT2D eigenvalue weighted by atomic mass is 32.1. The lowest BCUT2D eigenvalue weighted by Gasteiger charge is -2.30. The number of para-hydroxylation sites is 1. The van der Waals surface area contributed by atoms with Crippen molar-refractivity contribution in [2.24, 2.45) is 0 Å². The fraction of sp³-hybridized carbons (Fsp3) is 0.385. The Kier molecular flexibility index (Phi) is 6.31. The quantitative estimate of drug-likeness (QED) is 0.458. The van der Waals surface area contributed by atoms with Crippen molar-refractivity contribution in [3.05, 3.63) is 82.9 Å². The number of nitrogens with zero attached hydrogens (tertiary/aromatic N) is 3. The molecule has 2 saturated heterocycles. The molecular weight excluding hydrogens is 473 g/mol. The first-order valence-corrected chi connectivity index (χ1v) is 12.1. The van der Waals surface area contributed by atoms with Gasteiger partial charge in [-0.3, -0.25) is 4.98 Å². The van der Waals surface area contributed by atoms with Crippen LogP contribution < -0.4 is 5.32 Å². The number of rotatable bonds is 5. The van der Waals surface area contributed by atoms with Crippen LogP contribution in [-0.4, -0.2) is 38.8 Å². The Balaban J connectivity index is 1.62. The molecule has 2 aliphatic rings. The van der Waals surface area contributed by atoms with E-state index in [0.29, 0.717) is 11.7 Å². The predicted octanol–water partition coefficient (Wildman–Crippen LogP) is 5.66. The van der Waals surface area contributed by atoms with E-state index in [9.17, 15) is 13.2 Å². The van der Waals surface area contributed by atoms with E-state index in [0.717, 1.165) is 48.2 Å². The standard InChI is InChI=1S/C26H27F3N4OS/c1-16-14-19(17(2)33(16)22-11-4-3-9-20(22)26(27,28)29)24-23(21-10-5-6-12-30-21)31-25(35)32(24)15-18-8-7-13-34-18/h3-6,9-12,14,18,23-24H,7-8,13,15H2,1-2H3,(H,31,35)/t18-,23+,24-/m0/s1. The molecule has 5 nitrogen and oxygen atoms in total. The van der Waals surface area contributed by atoms with E-state index in [1.54, 1.807) is 16.8 Å². The normalized spacial score (nSPS) is 22.6. The number of aromatic nitrogens is 2. The second-order valence-electron chi connectivity index (χ2n) is 9.09. The third kappa shape index (κ3) is 4.43. The fourth-order valence-corrected chi connectivity index (χ4v) is 5.63. The second kappa shape index (κ2) is 9.28. The first-order valence-electron chi connectivity index (χ1n) is 11.7. The second-order valence-corrected chi connectivity index (χ2v) is 9.48. The zero-order valence-electron chi connectivity index (χ0n) is 19.5. The van der Waals surface area contributed by atoms with Crippen molar-refractivity contribution in [2.75, 3.05) is 13.2 Å². The maximum Gasteiger partial charge on any atom is 0.418 e. The average molecular weight is 501 g/mol. The molecule has 3 atom stereocenters. The van der Waals surface area contributed by atoms with Crippen LogP contribution in [0.1, 0.15) is 53.1 Å². The minimum Gasteiger partial charge on any atom is -0.376 e. The Morgan fingerprint density at radius 3 is 2.60 bits per heavy atom. The zero-order valence-corrected chi connectivity index (χ0v) is 20.4. The van der Waals surface area contributed by atoms with E-state index in [1.165, 1.54) is 12.1 Å². The van der Waals surface area contributed by atoms with Crippen LogP contribution in [0.2, 0.25) is 0 Å². The van der Waals surface area contributed by atoms with Gasteiger partial charge in [0.25, 0.3) is 0 Å². The van der Waals surface area contributed by atoms with Crippen LogP contribution in [0.25, 0.3) is 5.69 Å². The summed E-state index contributed by atoms with van der Waals surface area (Å²) in [5.74, 6) is 0. The Morgan fingerprint density at radius 2 is 1.91 bits per heavy atom. The summed E-state index contributed by atoms with van der Waals surface area (Å²) in [6.07, 6.45) is -0.691. The summed E-state index contributed by atoms with van der Waals surface area (Å²) in [5.41, 5.74) is 2.68.